The van der Waals surface area contributed by atoms with Gasteiger partial charge in [0.05, 0.1) is 0 Å². The number of amides is 1. The van der Waals surface area contributed by atoms with Crippen LogP contribution in [0.1, 0.15) is 5.56 Å². The number of nitrogens with one attached hydrogen (secondary N) is 1. The zero-order valence-electron chi connectivity index (χ0n) is 11.3. The molecule has 0 spiro atoms. The molecule has 2 aromatic carbocycles. The summed E-state index contributed by atoms with van der Waals surface area (Å²) in [7, 11) is 0. The van der Waals surface area contributed by atoms with E-state index in [0.717, 1.165) is 25.9 Å². The van der Waals surface area contributed by atoms with Crippen molar-refractivity contribution in [2.75, 3.05) is 12.1 Å². The Morgan fingerprint density at radius 1 is 1.05 bits per heavy atom. The van der Waals surface area contributed by atoms with E-state index >= 15 is 0 Å². The molecular weight excluding hydrogens is 414 g/mol. The summed E-state index contributed by atoms with van der Waals surface area (Å²) in [4.78, 5) is 11.9. The van der Waals surface area contributed by atoms with Crippen molar-refractivity contribution in [3.63, 3.8) is 0 Å². The van der Waals surface area contributed by atoms with Gasteiger partial charge in [-0.3, -0.25) is 4.79 Å². The number of fused-ring (bicyclic) bond motifs is 1. The molecular formula is C16H11Br2NO3. The lowest BCUT2D eigenvalue weighted by Gasteiger charge is -2.04. The number of benzene rings is 2. The third-order valence-corrected chi connectivity index (χ3v) is 4.89. The predicted molar refractivity (Wildman–Crippen MR) is 92.1 cm³/mol. The van der Waals surface area contributed by atoms with Gasteiger partial charge in [0.15, 0.2) is 11.5 Å². The van der Waals surface area contributed by atoms with Crippen molar-refractivity contribution in [3.8, 4) is 11.5 Å². The van der Waals surface area contributed by atoms with E-state index in [-0.39, 0.29) is 12.7 Å². The van der Waals surface area contributed by atoms with E-state index in [4.69, 9.17) is 9.47 Å². The molecule has 0 radical (unpaired) electrons. The number of carbonyl (C=O) groups excluding carboxylic acids is 1. The summed E-state index contributed by atoms with van der Waals surface area (Å²) < 4.78 is 12.4. The zero-order valence-corrected chi connectivity index (χ0v) is 14.5. The summed E-state index contributed by atoms with van der Waals surface area (Å²) in [5.74, 6) is 1.22. The monoisotopic (exact) mass is 423 g/mol. The van der Waals surface area contributed by atoms with Crippen molar-refractivity contribution in [2.45, 2.75) is 0 Å². The highest BCUT2D eigenvalue weighted by Crippen LogP contribution is 2.32. The van der Waals surface area contributed by atoms with Gasteiger partial charge < -0.3 is 14.8 Å². The molecule has 4 nitrogen and oxygen atoms in total. The van der Waals surface area contributed by atoms with E-state index in [1.54, 1.807) is 6.08 Å². The summed E-state index contributed by atoms with van der Waals surface area (Å²) in [6.45, 7) is 0.238. The summed E-state index contributed by atoms with van der Waals surface area (Å²) in [5.41, 5.74) is 1.59. The molecule has 2 aromatic rings. The highest BCUT2D eigenvalue weighted by Gasteiger charge is 2.12. The summed E-state index contributed by atoms with van der Waals surface area (Å²) >= 11 is 6.78. The van der Waals surface area contributed by atoms with Gasteiger partial charge in [0.2, 0.25) is 12.7 Å². The van der Waals surface area contributed by atoms with Crippen molar-refractivity contribution in [2.24, 2.45) is 0 Å². The number of rotatable bonds is 3. The molecule has 1 aliphatic heterocycles. The molecule has 0 atom stereocenters. The molecule has 1 heterocycles. The van der Waals surface area contributed by atoms with Crippen LogP contribution in [0.2, 0.25) is 0 Å². The van der Waals surface area contributed by atoms with Gasteiger partial charge in [0, 0.05) is 20.7 Å². The first-order valence-electron chi connectivity index (χ1n) is 6.45. The van der Waals surface area contributed by atoms with Crippen molar-refractivity contribution in [1.82, 2.24) is 0 Å². The van der Waals surface area contributed by atoms with Crippen molar-refractivity contribution in [1.29, 1.82) is 0 Å². The number of halogens is 2. The molecule has 0 fully saturated rings. The Hall–Kier alpha value is -1.79. The van der Waals surface area contributed by atoms with Gasteiger partial charge in [0.1, 0.15) is 0 Å². The van der Waals surface area contributed by atoms with Crippen LogP contribution >= 0.6 is 31.9 Å². The fourth-order valence-electron chi connectivity index (χ4n) is 1.95. The Morgan fingerprint density at radius 3 is 2.68 bits per heavy atom. The maximum absolute atomic E-state index is 11.9. The minimum Gasteiger partial charge on any atom is -0.454 e. The Labute approximate surface area is 144 Å². The Morgan fingerprint density at radius 2 is 1.86 bits per heavy atom. The van der Waals surface area contributed by atoms with Crippen LogP contribution in [0, 0.1) is 0 Å². The highest BCUT2D eigenvalue weighted by molar-refractivity contribution is 9.13. The SMILES string of the molecule is O=C(/C=C/c1ccc2c(c1)OCO2)Nc1ccc(Br)c(Br)c1. The number of hydrogen-bond acceptors (Lipinski definition) is 3. The van der Waals surface area contributed by atoms with Gasteiger partial charge in [-0.2, -0.15) is 0 Å². The summed E-state index contributed by atoms with van der Waals surface area (Å²) in [6, 6.07) is 11.0. The van der Waals surface area contributed by atoms with E-state index in [0.29, 0.717) is 5.75 Å². The molecule has 22 heavy (non-hydrogen) atoms. The molecule has 0 aliphatic carbocycles. The molecule has 1 aliphatic rings. The van der Waals surface area contributed by atoms with Gasteiger partial charge in [0.25, 0.3) is 0 Å². The third-order valence-electron chi connectivity index (χ3n) is 3.01. The lowest BCUT2D eigenvalue weighted by molar-refractivity contribution is -0.111. The summed E-state index contributed by atoms with van der Waals surface area (Å²) in [6.07, 6.45) is 3.21. The van der Waals surface area contributed by atoms with Crippen LogP contribution in [-0.2, 0) is 4.79 Å². The minimum atomic E-state index is -0.202. The molecule has 1 N–H and O–H groups in total. The fraction of sp³-hybridized carbons (Fsp3) is 0.0625. The molecule has 0 bridgehead atoms. The van der Waals surface area contributed by atoms with Crippen LogP contribution in [0.15, 0.2) is 51.4 Å². The number of hydrogen-bond donors (Lipinski definition) is 1. The molecule has 3 rings (SSSR count). The maximum Gasteiger partial charge on any atom is 0.248 e. The molecule has 112 valence electrons. The molecule has 0 saturated carbocycles. The average molecular weight is 425 g/mol. The number of anilines is 1. The number of carbonyl (C=O) groups is 1. The average Bonchev–Trinajstić information content (AvgIpc) is 2.96. The molecule has 0 aromatic heterocycles. The quantitative estimate of drug-likeness (QED) is 0.733. The Balaban J connectivity index is 1.67. The van der Waals surface area contributed by atoms with Crippen LogP contribution in [0.5, 0.6) is 11.5 Å². The van der Waals surface area contributed by atoms with E-state index < -0.39 is 0 Å². The van der Waals surface area contributed by atoms with Crippen LogP contribution in [0.4, 0.5) is 5.69 Å². The van der Waals surface area contributed by atoms with Gasteiger partial charge in [-0.15, -0.1) is 0 Å². The second-order valence-electron chi connectivity index (χ2n) is 4.56. The molecule has 1 amide bonds. The molecule has 0 saturated heterocycles. The Kier molecular flexibility index (Phi) is 4.49. The summed E-state index contributed by atoms with van der Waals surface area (Å²) in [5, 5.41) is 2.80. The first-order chi connectivity index (χ1) is 10.6. The predicted octanol–water partition coefficient (Wildman–Crippen LogP) is 4.59. The van der Waals surface area contributed by atoms with E-state index in [9.17, 15) is 4.79 Å². The second-order valence-corrected chi connectivity index (χ2v) is 6.27. The van der Waals surface area contributed by atoms with Crippen LogP contribution in [0.25, 0.3) is 6.08 Å². The van der Waals surface area contributed by atoms with Gasteiger partial charge in [-0.1, -0.05) is 6.07 Å². The first-order valence-corrected chi connectivity index (χ1v) is 8.04. The smallest absolute Gasteiger partial charge is 0.248 e. The van der Waals surface area contributed by atoms with Crippen LogP contribution in [-0.4, -0.2) is 12.7 Å². The van der Waals surface area contributed by atoms with Crippen LogP contribution < -0.4 is 14.8 Å². The van der Waals surface area contributed by atoms with Gasteiger partial charge >= 0.3 is 0 Å². The van der Waals surface area contributed by atoms with Gasteiger partial charge in [-0.25, -0.2) is 0 Å². The molecule has 6 heteroatoms. The molecule has 0 unspecified atom stereocenters. The fourth-order valence-corrected chi connectivity index (χ4v) is 2.57. The lowest BCUT2D eigenvalue weighted by atomic mass is 10.2. The van der Waals surface area contributed by atoms with E-state index in [2.05, 4.69) is 37.2 Å². The standard InChI is InChI=1S/C16H11Br2NO3/c17-12-4-3-11(8-13(12)18)19-16(20)6-2-10-1-5-14-15(7-10)22-9-21-14/h1-8H,9H2,(H,19,20)/b6-2+. The second kappa shape index (κ2) is 6.54. The normalized spacial score (nSPS) is 12.6. The van der Waals surface area contributed by atoms with Crippen LogP contribution in [0.3, 0.4) is 0 Å². The first kappa shape index (κ1) is 15.1. The largest absolute Gasteiger partial charge is 0.454 e. The zero-order chi connectivity index (χ0) is 15.5. The third kappa shape index (κ3) is 3.51. The Bertz CT molecular complexity index is 759. The van der Waals surface area contributed by atoms with Crippen molar-refractivity contribution < 1.29 is 14.3 Å². The van der Waals surface area contributed by atoms with Gasteiger partial charge in [-0.05, 0) is 73.8 Å². The maximum atomic E-state index is 11.9. The topological polar surface area (TPSA) is 47.6 Å². The van der Waals surface area contributed by atoms with E-state index in [1.807, 2.05) is 36.4 Å². The van der Waals surface area contributed by atoms with E-state index in [1.165, 1.54) is 6.08 Å². The van der Waals surface area contributed by atoms with Crippen molar-refractivity contribution >= 4 is 49.5 Å². The highest BCUT2D eigenvalue weighted by atomic mass is 79.9. The minimum absolute atomic E-state index is 0.202. The lowest BCUT2D eigenvalue weighted by Crippen LogP contribution is -2.07. The number of ether oxygens (including phenoxy) is 2. The van der Waals surface area contributed by atoms with Crippen molar-refractivity contribution in [3.05, 3.63) is 57.0 Å².